The van der Waals surface area contributed by atoms with Crippen molar-refractivity contribution in [1.29, 1.82) is 5.26 Å². The molecule has 4 aliphatic rings. The molecule has 0 amide bonds. The monoisotopic (exact) mass is 1100 g/mol. The number of carbonyl (C=O) groups is 7. The van der Waals surface area contributed by atoms with E-state index in [-0.39, 0.29) is 75.7 Å². The number of hydrogen-bond donors (Lipinski definition) is 0. The lowest BCUT2D eigenvalue weighted by atomic mass is 9.70. The van der Waals surface area contributed by atoms with E-state index < -0.39 is 35.8 Å². The highest BCUT2D eigenvalue weighted by molar-refractivity contribution is 8.25. The number of hydrogen-bond acceptors (Lipinski definition) is 20. The number of carbonyl (C=O) groups excluding carboxylic acids is 7. The predicted octanol–water partition coefficient (Wildman–Crippen LogP) is 10.6. The van der Waals surface area contributed by atoms with Gasteiger partial charge in [-0.3, -0.25) is 14.4 Å². The van der Waals surface area contributed by atoms with E-state index in [1.54, 1.807) is 24.3 Å². The van der Waals surface area contributed by atoms with E-state index >= 15 is 0 Å². The fourth-order valence-corrected chi connectivity index (χ4v) is 14.1. The van der Waals surface area contributed by atoms with Gasteiger partial charge >= 0.3 is 41.8 Å². The van der Waals surface area contributed by atoms with Gasteiger partial charge in [-0.25, -0.2) is 24.0 Å². The third-order valence-corrected chi connectivity index (χ3v) is 17.7. The van der Waals surface area contributed by atoms with Crippen molar-refractivity contribution in [3.63, 3.8) is 0 Å². The Morgan fingerprint density at radius 1 is 0.600 bits per heavy atom. The van der Waals surface area contributed by atoms with Crippen molar-refractivity contribution in [2.24, 2.45) is 17.8 Å². The Balaban J connectivity index is 1.18. The molecule has 0 radical (unpaired) electrons. The van der Waals surface area contributed by atoms with Crippen LogP contribution in [0.1, 0.15) is 84.0 Å². The smallest absolute Gasteiger partial charge is 0.350 e. The summed E-state index contributed by atoms with van der Waals surface area (Å²) in [5.41, 5.74) is 0.438. The molecular weight excluding hydrogens is 1040 g/mol. The van der Waals surface area contributed by atoms with Crippen molar-refractivity contribution in [2.75, 3.05) is 39.6 Å². The van der Waals surface area contributed by atoms with Crippen molar-refractivity contribution in [3.8, 4) is 28.7 Å². The van der Waals surface area contributed by atoms with Crippen LogP contribution in [0.5, 0.6) is 11.5 Å². The van der Waals surface area contributed by atoms with Crippen LogP contribution in [0, 0.1) is 35.7 Å². The van der Waals surface area contributed by atoms with Crippen molar-refractivity contribution < 1.29 is 71.5 Å². The van der Waals surface area contributed by atoms with Crippen LogP contribution in [0.2, 0.25) is 0 Å². The fourth-order valence-electron chi connectivity index (χ4n) is 8.78. The molecular formula is C54H56N2O15S4. The minimum absolute atomic E-state index is 0.162. The molecule has 6 rings (SSSR count). The van der Waals surface area contributed by atoms with Crippen molar-refractivity contribution in [2.45, 2.75) is 110 Å². The molecule has 2 fully saturated rings. The molecule has 2 aromatic rings. The Labute approximate surface area is 452 Å². The summed E-state index contributed by atoms with van der Waals surface area (Å²) in [6, 6.07) is 8.57. The quantitative estimate of drug-likeness (QED) is 0.0181. The van der Waals surface area contributed by atoms with Crippen LogP contribution < -0.4 is 9.47 Å². The largest absolute Gasteiger partial charge is 0.467 e. The van der Waals surface area contributed by atoms with E-state index in [1.165, 1.54) is 13.0 Å². The van der Waals surface area contributed by atoms with E-state index in [0.717, 1.165) is 123 Å². The first-order valence-corrected chi connectivity index (χ1v) is 27.6. The van der Waals surface area contributed by atoms with Crippen LogP contribution in [0.4, 0.5) is 0 Å². The SMILES string of the molecule is [C-]#[N+]/C(C(=O)OCCOC(=O)C=C)=C1\Sc2c(OC(=O)C3CCC(C4CCC(OCCCCCCOC(=O)C=C)CC4)CC3)ccc(-c3ccc(OC(C)=O)c4c3S/C(=C(/C#N)C(=O)OCCOC(=O)C=C)S4)c2S1. The van der Waals surface area contributed by atoms with E-state index in [0.29, 0.717) is 68.6 Å². The molecule has 0 bridgehead atoms. The fraction of sp³-hybridized carbons (Fsp3) is 0.426. The number of thioether (sulfide) groups is 4. The second-order valence-electron chi connectivity index (χ2n) is 17.3. The Kier molecular flexibility index (Phi) is 22.6. The van der Waals surface area contributed by atoms with Crippen LogP contribution in [-0.2, 0) is 62.0 Å². The summed E-state index contributed by atoms with van der Waals surface area (Å²) in [6.45, 7) is 19.2. The normalized spacial score (nSPS) is 19.8. The first-order chi connectivity index (χ1) is 36.3. The molecule has 75 heavy (non-hydrogen) atoms. The Bertz CT molecular complexity index is 2710. The average Bonchev–Trinajstić information content (AvgIpc) is 4.08. The molecule has 2 aliphatic heterocycles. The molecule has 0 spiro atoms. The molecule has 0 aromatic heterocycles. The summed E-state index contributed by atoms with van der Waals surface area (Å²) in [7, 11) is 0. The standard InChI is InChI=1S/C54H56N2O15S4/c1-6-42(58)65-26-12-10-9-11-25-64-36-19-17-34(18-20-36)33-13-15-35(16-14-33)50(61)71-41-24-22-38(47-49(41)75-54(73-47)45(56-5)52(63)69-30-28-67-44(60)8-3)37-21-23-40(70-32(4)57)48-46(37)72-53(74-48)39(31-55)51(62)68-29-27-66-43(59)7-2/h6-8,21-24,33-36H,1-3,9-20,25-30H2,4H3/b53-39+,54-45-. The Hall–Kier alpha value is -6.23. The van der Waals surface area contributed by atoms with Crippen LogP contribution in [0.25, 0.3) is 16.0 Å². The molecule has 396 valence electrons. The van der Waals surface area contributed by atoms with E-state index in [4.69, 9.17) is 44.5 Å². The number of ether oxygens (including phenoxy) is 8. The van der Waals surface area contributed by atoms with E-state index in [1.807, 2.05) is 6.07 Å². The number of esters is 7. The molecule has 0 saturated heterocycles. The zero-order valence-corrected chi connectivity index (χ0v) is 44.6. The summed E-state index contributed by atoms with van der Waals surface area (Å²) in [6.07, 6.45) is 14.4. The number of rotatable bonds is 24. The zero-order chi connectivity index (χ0) is 53.9. The third kappa shape index (κ3) is 16.1. The lowest BCUT2D eigenvalue weighted by Gasteiger charge is -2.37. The molecule has 2 saturated carbocycles. The summed E-state index contributed by atoms with van der Waals surface area (Å²) in [4.78, 5) is 92.6. The Morgan fingerprint density at radius 2 is 1.07 bits per heavy atom. The molecule has 2 aliphatic carbocycles. The summed E-state index contributed by atoms with van der Waals surface area (Å²) in [5.74, 6) is -3.65. The van der Waals surface area contributed by atoms with E-state index in [9.17, 15) is 38.8 Å². The van der Waals surface area contributed by atoms with Gasteiger partial charge in [-0.15, -0.1) is 0 Å². The highest BCUT2D eigenvalue weighted by Crippen LogP contribution is 2.63. The van der Waals surface area contributed by atoms with Crippen LogP contribution in [0.15, 0.2) is 102 Å². The first-order valence-electron chi connectivity index (χ1n) is 24.3. The minimum Gasteiger partial charge on any atom is -0.467 e. The number of benzene rings is 2. The second kappa shape index (κ2) is 29.2. The van der Waals surface area contributed by atoms with Crippen LogP contribution in [0.3, 0.4) is 0 Å². The molecule has 0 unspecified atom stereocenters. The van der Waals surface area contributed by atoms with Gasteiger partial charge in [0.25, 0.3) is 5.70 Å². The number of nitriles is 1. The van der Waals surface area contributed by atoms with Gasteiger partial charge in [0, 0.05) is 41.5 Å². The van der Waals surface area contributed by atoms with Gasteiger partial charge in [-0.1, -0.05) is 73.2 Å². The predicted molar refractivity (Wildman–Crippen MR) is 280 cm³/mol. The van der Waals surface area contributed by atoms with Gasteiger partial charge in [0.15, 0.2) is 5.57 Å². The van der Waals surface area contributed by atoms with E-state index in [2.05, 4.69) is 24.6 Å². The van der Waals surface area contributed by atoms with Crippen molar-refractivity contribution >= 4 is 88.8 Å². The molecule has 2 heterocycles. The molecule has 17 nitrogen and oxygen atoms in total. The summed E-state index contributed by atoms with van der Waals surface area (Å²) >= 11 is 4.25. The highest BCUT2D eigenvalue weighted by Gasteiger charge is 2.38. The second-order valence-corrected chi connectivity index (χ2v) is 21.9. The molecule has 2 aromatic carbocycles. The Morgan fingerprint density at radius 3 is 1.60 bits per heavy atom. The maximum absolute atomic E-state index is 14.1. The zero-order valence-electron chi connectivity index (χ0n) is 41.4. The maximum Gasteiger partial charge on any atom is 0.350 e. The van der Waals surface area contributed by atoms with Gasteiger partial charge in [-0.05, 0) is 118 Å². The lowest BCUT2D eigenvalue weighted by molar-refractivity contribution is -0.146. The van der Waals surface area contributed by atoms with Crippen molar-refractivity contribution in [3.05, 3.63) is 93.4 Å². The topological polar surface area (TPSA) is 221 Å². The minimum atomic E-state index is -0.971. The van der Waals surface area contributed by atoms with Gasteiger partial charge in [-0.2, -0.15) is 5.26 Å². The van der Waals surface area contributed by atoms with Gasteiger partial charge in [0.2, 0.25) is 0 Å². The number of fused-ring (bicyclic) bond motifs is 2. The van der Waals surface area contributed by atoms with Gasteiger partial charge < -0.3 is 37.9 Å². The lowest BCUT2D eigenvalue weighted by Crippen LogP contribution is -2.31. The molecule has 21 heteroatoms. The number of unbranched alkanes of at least 4 members (excludes halogenated alkanes) is 3. The summed E-state index contributed by atoms with van der Waals surface area (Å²) in [5, 5.41) is 10.2. The number of nitrogens with zero attached hydrogens (tertiary/aromatic N) is 2. The van der Waals surface area contributed by atoms with Gasteiger partial charge in [0.05, 0.1) is 43.5 Å². The van der Waals surface area contributed by atoms with Crippen molar-refractivity contribution in [1.82, 2.24) is 0 Å². The van der Waals surface area contributed by atoms with Gasteiger partial charge in [0.1, 0.15) is 44.0 Å². The molecule has 0 atom stereocenters. The first kappa shape index (κ1) is 58.0. The van der Waals surface area contributed by atoms with Crippen LogP contribution in [-0.4, -0.2) is 87.5 Å². The summed E-state index contributed by atoms with van der Waals surface area (Å²) < 4.78 is 43.8. The average molecular weight is 1100 g/mol. The highest BCUT2D eigenvalue weighted by atomic mass is 32.2. The third-order valence-electron chi connectivity index (χ3n) is 12.5. The maximum atomic E-state index is 14.1. The molecule has 0 N–H and O–H groups in total. The van der Waals surface area contributed by atoms with Crippen LogP contribution >= 0.6 is 47.0 Å².